The van der Waals surface area contributed by atoms with Crippen molar-refractivity contribution in [3.05, 3.63) is 35.4 Å². The van der Waals surface area contributed by atoms with Gasteiger partial charge in [0.1, 0.15) is 0 Å². The van der Waals surface area contributed by atoms with E-state index >= 15 is 0 Å². The van der Waals surface area contributed by atoms with Crippen LogP contribution in [0.2, 0.25) is 0 Å². The van der Waals surface area contributed by atoms with E-state index in [9.17, 15) is 9.59 Å². The second kappa shape index (κ2) is 7.56. The van der Waals surface area contributed by atoms with E-state index in [0.29, 0.717) is 17.5 Å². The summed E-state index contributed by atoms with van der Waals surface area (Å²) in [5, 5.41) is 8.86. The molecule has 0 aliphatic heterocycles. The first kappa shape index (κ1) is 16.1. The number of hydrogen-bond donors (Lipinski definition) is 1. The van der Waals surface area contributed by atoms with E-state index in [2.05, 4.69) is 0 Å². The van der Waals surface area contributed by atoms with E-state index in [1.54, 1.807) is 42.2 Å². The molecule has 0 saturated carbocycles. The summed E-state index contributed by atoms with van der Waals surface area (Å²) in [6.07, 6.45) is 4.29. The zero-order valence-corrected chi connectivity index (χ0v) is 12.3. The molecule has 2 amide bonds. The molecule has 0 unspecified atom stereocenters. The van der Waals surface area contributed by atoms with Gasteiger partial charge in [0, 0.05) is 12.6 Å². The molecule has 5 nitrogen and oxygen atoms in total. The summed E-state index contributed by atoms with van der Waals surface area (Å²) in [6.45, 7) is 0. The first-order chi connectivity index (χ1) is 9.52. The molecule has 106 valence electrons. The lowest BCUT2D eigenvalue weighted by Crippen LogP contribution is -2.30. The molecule has 0 aliphatic carbocycles. The van der Waals surface area contributed by atoms with Gasteiger partial charge in [-0.15, -0.1) is 0 Å². The fraction of sp³-hybridized carbons (Fsp3) is 0.357. The molecule has 0 aromatic heterocycles. The Morgan fingerprint density at radius 3 is 2.65 bits per heavy atom. The van der Waals surface area contributed by atoms with Crippen LogP contribution in [0.15, 0.2) is 24.3 Å². The van der Waals surface area contributed by atoms with Crippen LogP contribution in [0.1, 0.15) is 28.3 Å². The molecular formula is C14H17N3O2S. The van der Waals surface area contributed by atoms with E-state index in [4.69, 9.17) is 11.0 Å². The number of rotatable bonds is 6. The van der Waals surface area contributed by atoms with Gasteiger partial charge >= 0.3 is 0 Å². The molecule has 0 spiro atoms. The van der Waals surface area contributed by atoms with Crippen LogP contribution < -0.4 is 5.73 Å². The van der Waals surface area contributed by atoms with Crippen LogP contribution >= 0.6 is 11.8 Å². The highest BCUT2D eigenvalue weighted by molar-refractivity contribution is 7.98. The monoisotopic (exact) mass is 291 g/mol. The Hall–Kier alpha value is -2.00. The normalized spacial score (nSPS) is 11.4. The van der Waals surface area contributed by atoms with Crippen molar-refractivity contribution in [1.82, 2.24) is 4.90 Å². The molecule has 0 fully saturated rings. The molecule has 1 aromatic rings. The van der Waals surface area contributed by atoms with Gasteiger partial charge in [-0.25, -0.2) is 0 Å². The van der Waals surface area contributed by atoms with E-state index < -0.39 is 11.8 Å². The fourth-order valence-corrected chi connectivity index (χ4v) is 2.43. The molecule has 0 saturated heterocycles. The number of nitrogens with zero attached hydrogens (tertiary/aromatic N) is 2. The molecular weight excluding hydrogens is 274 g/mol. The summed E-state index contributed by atoms with van der Waals surface area (Å²) >= 11 is 1.61. The summed E-state index contributed by atoms with van der Waals surface area (Å²) < 4.78 is 0. The minimum Gasteiger partial charge on any atom is -0.366 e. The first-order valence-electron chi connectivity index (χ1n) is 6.07. The highest BCUT2D eigenvalue weighted by atomic mass is 32.2. The maximum absolute atomic E-state index is 12.3. The lowest BCUT2D eigenvalue weighted by Gasteiger charge is -2.20. The number of nitriles is 1. The van der Waals surface area contributed by atoms with Crippen LogP contribution in [0, 0.1) is 11.5 Å². The number of hydrogen-bond acceptors (Lipinski definition) is 4. The van der Waals surface area contributed by atoms with Crippen molar-refractivity contribution in [2.45, 2.75) is 12.3 Å². The molecule has 1 atom stereocenters. The van der Waals surface area contributed by atoms with Gasteiger partial charge < -0.3 is 5.73 Å². The third kappa shape index (κ3) is 3.75. The molecule has 0 aliphatic rings. The number of carbonyl (C=O) groups is 2. The summed E-state index contributed by atoms with van der Waals surface area (Å²) in [5.41, 5.74) is 6.27. The number of benzene rings is 1. The summed E-state index contributed by atoms with van der Waals surface area (Å²) in [5.74, 6) is -0.670. The third-order valence-corrected chi connectivity index (χ3v) is 3.63. The smallest absolute Gasteiger partial charge is 0.249 e. The van der Waals surface area contributed by atoms with Crippen LogP contribution in [0.5, 0.6) is 0 Å². The minimum atomic E-state index is -0.567. The molecule has 1 rings (SSSR count). The van der Waals surface area contributed by atoms with E-state index in [0.717, 1.165) is 10.7 Å². The van der Waals surface area contributed by atoms with Gasteiger partial charge in [-0.1, -0.05) is 18.2 Å². The SMILES string of the molecule is CSCC[C@H](C(=O)N(C)C#N)c1ccccc1C(N)=O. The standard InChI is InChI=1S/C14H17N3O2S/c1-17(9-15)14(19)12(7-8-20-2)10-5-3-4-6-11(10)13(16)18/h3-6,12H,7-8H2,1-2H3,(H2,16,18)/t12-/m0/s1. The number of primary amides is 1. The van der Waals surface area contributed by atoms with Crippen molar-refractivity contribution in [1.29, 1.82) is 5.26 Å². The van der Waals surface area contributed by atoms with E-state index in [1.165, 1.54) is 7.05 Å². The highest BCUT2D eigenvalue weighted by Gasteiger charge is 2.26. The van der Waals surface area contributed by atoms with Gasteiger partial charge in [0.15, 0.2) is 6.19 Å². The Kier molecular flexibility index (Phi) is 6.07. The van der Waals surface area contributed by atoms with Gasteiger partial charge in [0.05, 0.1) is 5.92 Å². The number of amides is 2. The van der Waals surface area contributed by atoms with Crippen LogP contribution in [0.25, 0.3) is 0 Å². The molecule has 1 aromatic carbocycles. The second-order valence-electron chi connectivity index (χ2n) is 4.28. The molecule has 0 radical (unpaired) electrons. The van der Waals surface area contributed by atoms with Gasteiger partial charge in [-0.3, -0.25) is 14.5 Å². The van der Waals surface area contributed by atoms with E-state index in [-0.39, 0.29) is 5.91 Å². The van der Waals surface area contributed by atoms with Crippen LogP contribution in [0.4, 0.5) is 0 Å². The number of nitrogens with two attached hydrogens (primary N) is 1. The summed E-state index contributed by atoms with van der Waals surface area (Å²) in [6, 6.07) is 6.78. The lowest BCUT2D eigenvalue weighted by molar-refractivity contribution is -0.128. The third-order valence-electron chi connectivity index (χ3n) is 2.99. The van der Waals surface area contributed by atoms with Gasteiger partial charge in [0.25, 0.3) is 0 Å². The Bertz CT molecular complexity index is 539. The fourth-order valence-electron chi connectivity index (χ4n) is 1.96. The Labute approximate surface area is 122 Å². The van der Waals surface area contributed by atoms with Crippen LogP contribution in [-0.4, -0.2) is 35.8 Å². The van der Waals surface area contributed by atoms with Gasteiger partial charge in [-0.2, -0.15) is 17.0 Å². The number of thioether (sulfide) groups is 1. The molecule has 0 bridgehead atoms. The average molecular weight is 291 g/mol. The molecule has 2 N–H and O–H groups in total. The minimum absolute atomic E-state index is 0.324. The highest BCUT2D eigenvalue weighted by Crippen LogP contribution is 2.26. The summed E-state index contributed by atoms with van der Waals surface area (Å²) in [4.78, 5) is 24.8. The molecule has 6 heteroatoms. The lowest BCUT2D eigenvalue weighted by atomic mass is 9.90. The predicted molar refractivity (Wildman–Crippen MR) is 79.1 cm³/mol. The average Bonchev–Trinajstić information content (AvgIpc) is 2.46. The van der Waals surface area contributed by atoms with Crippen molar-refractivity contribution in [3.8, 4) is 6.19 Å². The van der Waals surface area contributed by atoms with Gasteiger partial charge in [0.2, 0.25) is 11.8 Å². The van der Waals surface area contributed by atoms with Crippen molar-refractivity contribution < 1.29 is 9.59 Å². The zero-order valence-electron chi connectivity index (χ0n) is 11.5. The summed E-state index contributed by atoms with van der Waals surface area (Å²) in [7, 11) is 1.42. The Balaban J connectivity index is 3.21. The predicted octanol–water partition coefficient (Wildman–Crippen LogP) is 1.56. The van der Waals surface area contributed by atoms with Crippen molar-refractivity contribution in [2.24, 2.45) is 5.73 Å². The van der Waals surface area contributed by atoms with E-state index in [1.807, 2.05) is 6.26 Å². The van der Waals surface area contributed by atoms with Crippen molar-refractivity contribution >= 4 is 23.6 Å². The molecule has 20 heavy (non-hydrogen) atoms. The zero-order chi connectivity index (χ0) is 15.1. The largest absolute Gasteiger partial charge is 0.366 e. The topological polar surface area (TPSA) is 87.2 Å². The maximum Gasteiger partial charge on any atom is 0.249 e. The van der Waals surface area contributed by atoms with Gasteiger partial charge in [-0.05, 0) is 30.1 Å². The molecule has 0 heterocycles. The quantitative estimate of drug-likeness (QED) is 0.636. The van der Waals surface area contributed by atoms with Crippen molar-refractivity contribution in [2.75, 3.05) is 19.1 Å². The maximum atomic E-state index is 12.3. The first-order valence-corrected chi connectivity index (χ1v) is 7.47. The van der Waals surface area contributed by atoms with Crippen LogP contribution in [-0.2, 0) is 4.79 Å². The number of carbonyl (C=O) groups excluding carboxylic acids is 2. The Morgan fingerprint density at radius 2 is 2.10 bits per heavy atom. The Morgan fingerprint density at radius 1 is 1.45 bits per heavy atom. The van der Waals surface area contributed by atoms with Crippen LogP contribution in [0.3, 0.4) is 0 Å². The number of likely N-dealkylation sites (N-methyl/N-ethyl adjacent to an activating group) is 1. The van der Waals surface area contributed by atoms with Crippen molar-refractivity contribution in [3.63, 3.8) is 0 Å². The second-order valence-corrected chi connectivity index (χ2v) is 5.27.